The van der Waals surface area contributed by atoms with E-state index in [1.165, 1.54) is 0 Å². The highest BCUT2D eigenvalue weighted by Gasteiger charge is 2.21. The highest BCUT2D eigenvalue weighted by Crippen LogP contribution is 2.24. The zero-order valence-corrected chi connectivity index (χ0v) is 9.74. The van der Waals surface area contributed by atoms with E-state index in [0.29, 0.717) is 6.54 Å². The molecular weight excluding hydrogens is 218 g/mol. The summed E-state index contributed by atoms with van der Waals surface area (Å²) in [6, 6.07) is 0. The molecule has 6 nitrogen and oxygen atoms in total. The number of hydrogen-bond acceptors (Lipinski definition) is 5. The number of aliphatic hydroxyl groups is 1. The van der Waals surface area contributed by atoms with Crippen LogP contribution in [0, 0.1) is 0 Å². The lowest BCUT2D eigenvalue weighted by Gasteiger charge is -2.31. The summed E-state index contributed by atoms with van der Waals surface area (Å²) < 4.78 is 1.74. The summed E-state index contributed by atoms with van der Waals surface area (Å²) in [5, 5.41) is 14.9. The SMILES string of the molecule is Cn1ncc2c(N3CCC[C@H](O)C3)ncnc21. The van der Waals surface area contributed by atoms with Crippen molar-refractivity contribution in [3.8, 4) is 0 Å². The Balaban J connectivity index is 2.04. The highest BCUT2D eigenvalue weighted by atomic mass is 16.3. The quantitative estimate of drug-likeness (QED) is 0.768. The largest absolute Gasteiger partial charge is 0.391 e. The minimum absolute atomic E-state index is 0.259. The molecule has 1 aliphatic rings. The van der Waals surface area contributed by atoms with Crippen LogP contribution >= 0.6 is 0 Å². The Kier molecular flexibility index (Phi) is 2.44. The van der Waals surface area contributed by atoms with Crippen LogP contribution in [0.15, 0.2) is 12.5 Å². The van der Waals surface area contributed by atoms with Gasteiger partial charge in [0.15, 0.2) is 5.65 Å². The van der Waals surface area contributed by atoms with Gasteiger partial charge in [0.05, 0.1) is 17.7 Å². The van der Waals surface area contributed by atoms with Crippen LogP contribution in [0.5, 0.6) is 0 Å². The first-order valence-corrected chi connectivity index (χ1v) is 5.81. The first kappa shape index (κ1) is 10.5. The fraction of sp³-hybridized carbons (Fsp3) is 0.545. The third-order valence-electron chi connectivity index (χ3n) is 3.20. The molecule has 0 aliphatic carbocycles. The number of nitrogens with zero attached hydrogens (tertiary/aromatic N) is 5. The molecule has 2 aromatic heterocycles. The molecule has 6 heteroatoms. The smallest absolute Gasteiger partial charge is 0.163 e. The van der Waals surface area contributed by atoms with Crippen LogP contribution < -0.4 is 4.90 Å². The molecule has 0 aromatic carbocycles. The van der Waals surface area contributed by atoms with E-state index in [4.69, 9.17) is 0 Å². The van der Waals surface area contributed by atoms with E-state index in [1.54, 1.807) is 17.2 Å². The summed E-state index contributed by atoms with van der Waals surface area (Å²) in [6.45, 7) is 1.57. The van der Waals surface area contributed by atoms with Crippen molar-refractivity contribution in [2.75, 3.05) is 18.0 Å². The number of β-amino-alcohol motifs (C(OH)–C–C–N with tert-alkyl or cyclic N) is 1. The maximum absolute atomic E-state index is 9.71. The van der Waals surface area contributed by atoms with E-state index in [-0.39, 0.29) is 6.10 Å². The summed E-state index contributed by atoms with van der Waals surface area (Å²) >= 11 is 0. The average molecular weight is 233 g/mol. The van der Waals surface area contributed by atoms with Gasteiger partial charge in [0.25, 0.3) is 0 Å². The molecule has 1 atom stereocenters. The fourth-order valence-electron chi connectivity index (χ4n) is 2.35. The molecule has 0 spiro atoms. The van der Waals surface area contributed by atoms with Crippen LogP contribution in [0.1, 0.15) is 12.8 Å². The lowest BCUT2D eigenvalue weighted by molar-refractivity contribution is 0.154. The Morgan fingerprint density at radius 3 is 3.12 bits per heavy atom. The molecule has 90 valence electrons. The average Bonchev–Trinajstić information content (AvgIpc) is 2.71. The van der Waals surface area contributed by atoms with Crippen LogP contribution in [-0.4, -0.2) is 44.0 Å². The Bertz CT molecular complexity index is 538. The molecular formula is C11H15N5O. The van der Waals surface area contributed by atoms with E-state index >= 15 is 0 Å². The number of piperidine rings is 1. The van der Waals surface area contributed by atoms with Crippen LogP contribution in [0.4, 0.5) is 5.82 Å². The number of aromatic nitrogens is 4. The van der Waals surface area contributed by atoms with Crippen molar-refractivity contribution in [1.82, 2.24) is 19.7 Å². The molecule has 0 amide bonds. The molecule has 0 unspecified atom stereocenters. The van der Waals surface area contributed by atoms with Gasteiger partial charge in [-0.1, -0.05) is 0 Å². The number of fused-ring (bicyclic) bond motifs is 1. The zero-order chi connectivity index (χ0) is 11.8. The van der Waals surface area contributed by atoms with E-state index in [1.807, 2.05) is 7.05 Å². The van der Waals surface area contributed by atoms with Crippen molar-refractivity contribution in [2.24, 2.45) is 7.05 Å². The Morgan fingerprint density at radius 1 is 1.41 bits per heavy atom. The predicted octanol–water partition coefficient (Wildman–Crippen LogP) is 0.324. The number of aliphatic hydroxyl groups excluding tert-OH is 1. The van der Waals surface area contributed by atoms with Crippen LogP contribution in [0.3, 0.4) is 0 Å². The topological polar surface area (TPSA) is 67.1 Å². The van der Waals surface area contributed by atoms with Gasteiger partial charge in [-0.25, -0.2) is 9.97 Å². The molecule has 0 bridgehead atoms. The number of hydrogen-bond donors (Lipinski definition) is 1. The molecule has 3 rings (SSSR count). The maximum atomic E-state index is 9.71. The first-order chi connectivity index (χ1) is 8.25. The van der Waals surface area contributed by atoms with Gasteiger partial charge in [0, 0.05) is 20.1 Å². The van der Waals surface area contributed by atoms with Gasteiger partial charge in [0.1, 0.15) is 12.1 Å². The Labute approximate surface area is 98.9 Å². The number of rotatable bonds is 1. The molecule has 2 aromatic rings. The van der Waals surface area contributed by atoms with Crippen LogP contribution in [0.2, 0.25) is 0 Å². The second-order valence-corrected chi connectivity index (χ2v) is 4.44. The normalized spacial score (nSPS) is 21.1. The van der Waals surface area contributed by atoms with Crippen molar-refractivity contribution in [1.29, 1.82) is 0 Å². The molecule has 1 saturated heterocycles. The van der Waals surface area contributed by atoms with Gasteiger partial charge in [0.2, 0.25) is 0 Å². The molecule has 0 radical (unpaired) electrons. The molecule has 3 heterocycles. The van der Waals surface area contributed by atoms with Gasteiger partial charge in [-0.05, 0) is 12.8 Å². The van der Waals surface area contributed by atoms with Gasteiger partial charge >= 0.3 is 0 Å². The maximum Gasteiger partial charge on any atom is 0.163 e. The summed E-state index contributed by atoms with van der Waals surface area (Å²) in [5.74, 6) is 0.877. The van der Waals surface area contributed by atoms with E-state index in [9.17, 15) is 5.11 Å². The minimum Gasteiger partial charge on any atom is -0.391 e. The highest BCUT2D eigenvalue weighted by molar-refractivity contribution is 5.86. The van der Waals surface area contributed by atoms with Gasteiger partial charge in [-0.2, -0.15) is 5.10 Å². The standard InChI is InChI=1S/C11H15N5O/c1-15-10-9(5-14-15)11(13-7-12-10)16-4-2-3-8(17)6-16/h5,7-8,17H,2-4,6H2,1H3/t8-/m0/s1. The van der Waals surface area contributed by atoms with Crippen molar-refractivity contribution in [2.45, 2.75) is 18.9 Å². The van der Waals surface area contributed by atoms with Crippen LogP contribution in [-0.2, 0) is 7.05 Å². The van der Waals surface area contributed by atoms with Gasteiger partial charge < -0.3 is 10.0 Å². The second kappa shape index (κ2) is 3.96. The molecule has 17 heavy (non-hydrogen) atoms. The van der Waals surface area contributed by atoms with Gasteiger partial charge in [-0.3, -0.25) is 4.68 Å². The second-order valence-electron chi connectivity index (χ2n) is 4.44. The Hall–Kier alpha value is -1.69. The third kappa shape index (κ3) is 1.74. The fourth-order valence-corrected chi connectivity index (χ4v) is 2.35. The number of aryl methyl sites for hydroxylation is 1. The summed E-state index contributed by atoms with van der Waals surface area (Å²) in [6.07, 6.45) is 4.95. The van der Waals surface area contributed by atoms with E-state index in [0.717, 1.165) is 36.2 Å². The number of anilines is 1. The first-order valence-electron chi connectivity index (χ1n) is 5.81. The molecule has 1 N–H and O–H groups in total. The van der Waals surface area contributed by atoms with Crippen LogP contribution in [0.25, 0.3) is 11.0 Å². The van der Waals surface area contributed by atoms with E-state index in [2.05, 4.69) is 20.0 Å². The molecule has 1 aliphatic heterocycles. The lowest BCUT2D eigenvalue weighted by Crippen LogP contribution is -2.38. The van der Waals surface area contributed by atoms with Crippen molar-refractivity contribution >= 4 is 16.9 Å². The van der Waals surface area contributed by atoms with Crippen molar-refractivity contribution in [3.63, 3.8) is 0 Å². The Morgan fingerprint density at radius 2 is 2.29 bits per heavy atom. The van der Waals surface area contributed by atoms with Gasteiger partial charge in [-0.15, -0.1) is 0 Å². The monoisotopic (exact) mass is 233 g/mol. The molecule has 1 fully saturated rings. The summed E-state index contributed by atoms with van der Waals surface area (Å²) in [7, 11) is 1.87. The summed E-state index contributed by atoms with van der Waals surface area (Å²) in [5.41, 5.74) is 0.829. The lowest BCUT2D eigenvalue weighted by atomic mass is 10.1. The third-order valence-corrected chi connectivity index (χ3v) is 3.20. The molecule has 0 saturated carbocycles. The summed E-state index contributed by atoms with van der Waals surface area (Å²) in [4.78, 5) is 10.7. The van der Waals surface area contributed by atoms with Crippen molar-refractivity contribution < 1.29 is 5.11 Å². The van der Waals surface area contributed by atoms with Crippen molar-refractivity contribution in [3.05, 3.63) is 12.5 Å². The zero-order valence-electron chi connectivity index (χ0n) is 9.74. The van der Waals surface area contributed by atoms with E-state index < -0.39 is 0 Å². The predicted molar refractivity (Wildman–Crippen MR) is 63.8 cm³/mol. The minimum atomic E-state index is -0.259.